The van der Waals surface area contributed by atoms with Crippen LogP contribution in [-0.4, -0.2) is 54.8 Å². The van der Waals surface area contributed by atoms with Gasteiger partial charge >= 0.3 is 0 Å². The van der Waals surface area contributed by atoms with Crippen molar-refractivity contribution in [3.05, 3.63) is 91.0 Å². The predicted octanol–water partition coefficient (Wildman–Crippen LogP) is 3.80. The van der Waals surface area contributed by atoms with Gasteiger partial charge in [0.25, 0.3) is 5.91 Å². The number of anilines is 1. The molecule has 0 spiro atoms. The first-order valence-electron chi connectivity index (χ1n) is 11.5. The van der Waals surface area contributed by atoms with Gasteiger partial charge in [0.1, 0.15) is 5.69 Å². The molecule has 0 radical (unpaired) electrons. The van der Waals surface area contributed by atoms with Crippen molar-refractivity contribution in [3.8, 4) is 17.1 Å². The molecule has 9 nitrogen and oxygen atoms in total. The number of hydrogen-bond donors (Lipinski definition) is 2. The van der Waals surface area contributed by atoms with Crippen LogP contribution in [0.25, 0.3) is 17.1 Å². The summed E-state index contributed by atoms with van der Waals surface area (Å²) in [5.74, 6) is -0.190. The number of aromatic amines is 1. The van der Waals surface area contributed by atoms with Gasteiger partial charge in [0.15, 0.2) is 0 Å². The summed E-state index contributed by atoms with van der Waals surface area (Å²) in [7, 11) is 0. The van der Waals surface area contributed by atoms with E-state index in [9.17, 15) is 9.59 Å². The van der Waals surface area contributed by atoms with Gasteiger partial charge in [-0.05, 0) is 67.4 Å². The molecule has 176 valence electrons. The number of rotatable bonds is 6. The van der Waals surface area contributed by atoms with Crippen molar-refractivity contribution < 1.29 is 9.59 Å². The first kappa shape index (κ1) is 22.3. The summed E-state index contributed by atoms with van der Waals surface area (Å²) in [6, 6.07) is 16.5. The van der Waals surface area contributed by atoms with Crippen LogP contribution in [0.1, 0.15) is 34.9 Å². The van der Waals surface area contributed by atoms with Crippen molar-refractivity contribution in [2.75, 3.05) is 18.4 Å². The molecule has 0 saturated carbocycles. The molecule has 35 heavy (non-hydrogen) atoms. The average Bonchev–Trinajstić information content (AvgIpc) is 3.62. The molecule has 5 rings (SSSR count). The van der Waals surface area contributed by atoms with Gasteiger partial charge in [0, 0.05) is 30.9 Å². The Morgan fingerprint density at radius 3 is 2.74 bits per heavy atom. The lowest BCUT2D eigenvalue weighted by atomic mass is 9.95. The molecule has 4 aromatic rings. The molecule has 0 aliphatic carbocycles. The molecule has 9 heteroatoms. The molecule has 0 bridgehead atoms. The molecular formula is C26H25N7O2. The van der Waals surface area contributed by atoms with E-state index in [0.29, 0.717) is 23.6 Å². The SMILES string of the molecule is C=CC(=O)N1CCCC(c2cn(-c3ccc(NC(=O)c4cccc(-c5ccc[nH]5)n4)cc3)nn2)C1. The highest BCUT2D eigenvalue weighted by molar-refractivity contribution is 6.03. The van der Waals surface area contributed by atoms with E-state index < -0.39 is 0 Å². The zero-order chi connectivity index (χ0) is 24.2. The zero-order valence-corrected chi connectivity index (χ0v) is 19.1. The normalized spacial score (nSPS) is 15.5. The fourth-order valence-electron chi connectivity index (χ4n) is 4.23. The van der Waals surface area contributed by atoms with Gasteiger partial charge in [-0.1, -0.05) is 17.9 Å². The largest absolute Gasteiger partial charge is 0.360 e. The maximum Gasteiger partial charge on any atom is 0.274 e. The molecular weight excluding hydrogens is 442 g/mol. The molecule has 2 N–H and O–H groups in total. The van der Waals surface area contributed by atoms with Crippen LogP contribution < -0.4 is 5.32 Å². The molecule has 1 saturated heterocycles. The van der Waals surface area contributed by atoms with Crippen molar-refractivity contribution in [1.82, 2.24) is 29.9 Å². The van der Waals surface area contributed by atoms with Gasteiger partial charge < -0.3 is 15.2 Å². The van der Waals surface area contributed by atoms with Gasteiger partial charge in [-0.3, -0.25) is 9.59 Å². The van der Waals surface area contributed by atoms with Crippen molar-refractivity contribution in [2.45, 2.75) is 18.8 Å². The summed E-state index contributed by atoms with van der Waals surface area (Å²) < 4.78 is 1.70. The molecule has 1 aliphatic heterocycles. The summed E-state index contributed by atoms with van der Waals surface area (Å²) in [5.41, 5.74) is 4.22. The van der Waals surface area contributed by atoms with Crippen LogP contribution in [0.2, 0.25) is 0 Å². The number of carbonyl (C=O) groups is 2. The van der Waals surface area contributed by atoms with E-state index >= 15 is 0 Å². The standard InChI is InChI=1S/C26H25N7O2/c1-2-25(34)32-15-5-6-18(16-32)24-17-33(31-30-24)20-12-10-19(11-13-20)28-26(35)23-8-3-7-22(29-23)21-9-4-14-27-21/h2-4,7-14,17-18,27H,1,5-6,15-16H2,(H,28,35). The maximum absolute atomic E-state index is 12.7. The van der Waals surface area contributed by atoms with Crippen LogP contribution in [0, 0.1) is 0 Å². The zero-order valence-electron chi connectivity index (χ0n) is 19.1. The van der Waals surface area contributed by atoms with Gasteiger partial charge in [-0.2, -0.15) is 0 Å². The molecule has 2 amide bonds. The third-order valence-electron chi connectivity index (χ3n) is 6.08. The van der Waals surface area contributed by atoms with Gasteiger partial charge in [0.2, 0.25) is 5.91 Å². The minimum atomic E-state index is -0.287. The number of piperidine rings is 1. The van der Waals surface area contributed by atoms with Crippen molar-refractivity contribution in [1.29, 1.82) is 0 Å². The Balaban J connectivity index is 1.25. The lowest BCUT2D eigenvalue weighted by molar-refractivity contribution is -0.127. The fourth-order valence-corrected chi connectivity index (χ4v) is 4.23. The third-order valence-corrected chi connectivity index (χ3v) is 6.08. The summed E-state index contributed by atoms with van der Waals surface area (Å²) in [5, 5.41) is 11.5. The topological polar surface area (TPSA) is 109 Å². The third kappa shape index (κ3) is 4.89. The van der Waals surface area contributed by atoms with E-state index in [1.807, 2.05) is 60.9 Å². The maximum atomic E-state index is 12.7. The molecule has 4 heterocycles. The summed E-state index contributed by atoms with van der Waals surface area (Å²) in [6.45, 7) is 4.94. The van der Waals surface area contributed by atoms with Gasteiger partial charge in [-0.15, -0.1) is 5.10 Å². The van der Waals surface area contributed by atoms with Crippen LogP contribution in [0.15, 0.2) is 79.6 Å². The number of benzene rings is 1. The van der Waals surface area contributed by atoms with Crippen LogP contribution in [0.3, 0.4) is 0 Å². The predicted molar refractivity (Wildman–Crippen MR) is 132 cm³/mol. The van der Waals surface area contributed by atoms with E-state index in [0.717, 1.165) is 36.5 Å². The van der Waals surface area contributed by atoms with Gasteiger partial charge in [-0.25, -0.2) is 9.67 Å². The first-order chi connectivity index (χ1) is 17.1. The highest BCUT2D eigenvalue weighted by Gasteiger charge is 2.25. The monoisotopic (exact) mass is 467 g/mol. The molecule has 1 unspecified atom stereocenters. The number of carbonyl (C=O) groups excluding carboxylic acids is 2. The van der Waals surface area contributed by atoms with E-state index in [1.54, 1.807) is 15.6 Å². The Morgan fingerprint density at radius 2 is 1.97 bits per heavy atom. The Hall–Kier alpha value is -4.53. The number of nitrogens with one attached hydrogen (secondary N) is 2. The van der Waals surface area contributed by atoms with Crippen molar-refractivity contribution in [3.63, 3.8) is 0 Å². The van der Waals surface area contributed by atoms with Crippen LogP contribution in [0.5, 0.6) is 0 Å². The summed E-state index contributed by atoms with van der Waals surface area (Å²) in [4.78, 5) is 34.0. The fraction of sp³-hybridized carbons (Fsp3) is 0.192. The average molecular weight is 468 g/mol. The van der Waals surface area contributed by atoms with E-state index in [1.165, 1.54) is 6.08 Å². The second-order valence-corrected chi connectivity index (χ2v) is 8.41. The van der Waals surface area contributed by atoms with Crippen LogP contribution >= 0.6 is 0 Å². The quantitative estimate of drug-likeness (QED) is 0.419. The number of H-pyrrole nitrogens is 1. The number of likely N-dealkylation sites (tertiary alicyclic amines) is 1. The highest BCUT2D eigenvalue weighted by atomic mass is 16.2. The Bertz CT molecular complexity index is 1340. The van der Waals surface area contributed by atoms with Gasteiger partial charge in [0.05, 0.1) is 29.0 Å². The van der Waals surface area contributed by atoms with Crippen molar-refractivity contribution in [2.24, 2.45) is 0 Å². The minimum absolute atomic E-state index is 0.0500. The highest BCUT2D eigenvalue weighted by Crippen LogP contribution is 2.26. The Kier molecular flexibility index (Phi) is 6.21. The van der Waals surface area contributed by atoms with Crippen LogP contribution in [-0.2, 0) is 4.79 Å². The van der Waals surface area contributed by atoms with Crippen LogP contribution in [0.4, 0.5) is 5.69 Å². The molecule has 1 atom stereocenters. The number of aromatic nitrogens is 5. The Morgan fingerprint density at radius 1 is 1.11 bits per heavy atom. The number of hydrogen-bond acceptors (Lipinski definition) is 5. The minimum Gasteiger partial charge on any atom is -0.360 e. The number of amides is 2. The summed E-state index contributed by atoms with van der Waals surface area (Å²) >= 11 is 0. The Labute approximate surface area is 202 Å². The lowest BCUT2D eigenvalue weighted by Gasteiger charge is -2.30. The molecule has 1 fully saturated rings. The molecule has 1 aliphatic rings. The first-order valence-corrected chi connectivity index (χ1v) is 11.5. The molecule has 1 aromatic carbocycles. The van der Waals surface area contributed by atoms with E-state index in [2.05, 4.69) is 32.2 Å². The second kappa shape index (κ2) is 9.76. The van der Waals surface area contributed by atoms with E-state index in [4.69, 9.17) is 0 Å². The second-order valence-electron chi connectivity index (χ2n) is 8.41. The lowest BCUT2D eigenvalue weighted by Crippen LogP contribution is -2.38. The van der Waals surface area contributed by atoms with Crippen molar-refractivity contribution >= 4 is 17.5 Å². The van der Waals surface area contributed by atoms with E-state index in [-0.39, 0.29) is 17.7 Å². The number of pyridine rings is 1. The summed E-state index contributed by atoms with van der Waals surface area (Å²) in [6.07, 6.45) is 6.96. The smallest absolute Gasteiger partial charge is 0.274 e. The molecule has 3 aromatic heterocycles. The number of nitrogens with zero attached hydrogens (tertiary/aromatic N) is 5.